The predicted molar refractivity (Wildman–Crippen MR) is 158 cm³/mol. The number of benzene rings is 2. The van der Waals surface area contributed by atoms with E-state index in [1.165, 1.54) is 0 Å². The van der Waals surface area contributed by atoms with E-state index in [4.69, 9.17) is 14.2 Å². The summed E-state index contributed by atoms with van der Waals surface area (Å²) in [6.07, 6.45) is 8.17. The van der Waals surface area contributed by atoms with Crippen molar-refractivity contribution < 1.29 is 28.6 Å². The van der Waals surface area contributed by atoms with Crippen LogP contribution in [0.3, 0.4) is 0 Å². The van der Waals surface area contributed by atoms with E-state index in [9.17, 15) is 14.4 Å². The van der Waals surface area contributed by atoms with Crippen molar-refractivity contribution in [3.05, 3.63) is 80.8 Å². The van der Waals surface area contributed by atoms with Crippen molar-refractivity contribution in [2.24, 2.45) is 23.7 Å². The molecule has 2 saturated carbocycles. The zero-order valence-electron chi connectivity index (χ0n) is 22.5. The Hall–Kier alpha value is -2.45. The molecular formula is C32H34Br2O6. The molecule has 8 heteroatoms. The molecule has 0 unspecified atom stereocenters. The smallest absolute Gasteiger partial charge is 0.338 e. The molecule has 2 aromatic carbocycles. The molecule has 6 nitrogen and oxygen atoms in total. The minimum atomic E-state index is -0.620. The van der Waals surface area contributed by atoms with Gasteiger partial charge in [0.25, 0.3) is 0 Å². The van der Waals surface area contributed by atoms with E-state index in [0.717, 1.165) is 41.0 Å². The van der Waals surface area contributed by atoms with Crippen molar-refractivity contribution in [1.29, 1.82) is 0 Å². The monoisotopic (exact) mass is 672 g/mol. The van der Waals surface area contributed by atoms with Gasteiger partial charge in [-0.1, -0.05) is 50.9 Å². The number of esters is 3. The molecule has 40 heavy (non-hydrogen) atoms. The van der Waals surface area contributed by atoms with Gasteiger partial charge in [-0.25, -0.2) is 9.59 Å². The Morgan fingerprint density at radius 1 is 0.850 bits per heavy atom. The van der Waals surface area contributed by atoms with Crippen molar-refractivity contribution in [1.82, 2.24) is 0 Å². The summed E-state index contributed by atoms with van der Waals surface area (Å²) in [5.41, 5.74) is 0.890. The summed E-state index contributed by atoms with van der Waals surface area (Å²) in [5, 5.41) is 0. The molecular weight excluding hydrogens is 640 g/mol. The van der Waals surface area contributed by atoms with Crippen molar-refractivity contribution in [3.8, 4) is 0 Å². The standard InChI is InChI=1S/C32H34Br2O6/c1-2-27-26-17-24(26)25-18-28(39-31(36)19-9-13-21(33)14-10-19)30(40-32(37)20-11-15-22(34)16-12-20)23(25)7-5-3-4-6-8-29(35)38-27/h5,7,9-16,23-28,30H,2-4,6,8,17-18H2,1H3/b7-5-/t23-,24-,25+,26+,27+,28+,30+/m0/s1. The first kappa shape index (κ1) is 29.1. The van der Waals surface area contributed by atoms with Crippen LogP contribution in [0.5, 0.6) is 0 Å². The third-order valence-electron chi connectivity index (χ3n) is 8.37. The first-order valence-corrected chi connectivity index (χ1v) is 15.7. The van der Waals surface area contributed by atoms with Gasteiger partial charge in [-0.15, -0.1) is 0 Å². The van der Waals surface area contributed by atoms with Crippen LogP contribution in [0.25, 0.3) is 0 Å². The number of hydrogen-bond donors (Lipinski definition) is 0. The molecule has 0 aromatic heterocycles. The summed E-state index contributed by atoms with van der Waals surface area (Å²) in [6.45, 7) is 2.06. The van der Waals surface area contributed by atoms with Crippen LogP contribution in [0.4, 0.5) is 0 Å². The van der Waals surface area contributed by atoms with Gasteiger partial charge in [0.15, 0.2) is 0 Å². The summed E-state index contributed by atoms with van der Waals surface area (Å²) >= 11 is 6.82. The molecule has 212 valence electrons. The number of allylic oxidation sites excluding steroid dienone is 1. The van der Waals surface area contributed by atoms with Crippen molar-refractivity contribution in [2.75, 3.05) is 0 Å². The van der Waals surface area contributed by atoms with E-state index in [1.807, 2.05) is 0 Å². The van der Waals surface area contributed by atoms with Gasteiger partial charge in [0, 0.05) is 21.3 Å². The lowest BCUT2D eigenvalue weighted by atomic mass is 9.88. The minimum Gasteiger partial charge on any atom is -0.462 e. The lowest BCUT2D eigenvalue weighted by molar-refractivity contribution is -0.150. The Balaban J connectivity index is 1.43. The van der Waals surface area contributed by atoms with Crippen LogP contribution in [0.1, 0.15) is 72.6 Å². The Bertz CT molecular complexity index is 1240. The Morgan fingerprint density at radius 2 is 1.48 bits per heavy atom. The Morgan fingerprint density at radius 3 is 2.10 bits per heavy atom. The fraction of sp³-hybridized carbons (Fsp3) is 0.469. The average Bonchev–Trinajstić information content (AvgIpc) is 3.66. The van der Waals surface area contributed by atoms with Gasteiger partial charge in [-0.3, -0.25) is 4.79 Å². The van der Waals surface area contributed by atoms with Gasteiger partial charge in [-0.05, 0) is 105 Å². The van der Waals surface area contributed by atoms with Gasteiger partial charge >= 0.3 is 17.9 Å². The average molecular weight is 674 g/mol. The molecule has 5 rings (SSSR count). The highest BCUT2D eigenvalue weighted by Crippen LogP contribution is 2.56. The molecule has 2 aliphatic carbocycles. The van der Waals surface area contributed by atoms with E-state index < -0.39 is 24.1 Å². The predicted octanol–water partition coefficient (Wildman–Crippen LogP) is 7.69. The molecule has 1 heterocycles. The topological polar surface area (TPSA) is 78.9 Å². The summed E-state index contributed by atoms with van der Waals surface area (Å²) in [4.78, 5) is 39.0. The van der Waals surface area contributed by atoms with Gasteiger partial charge in [0.2, 0.25) is 0 Å². The number of rotatable bonds is 5. The second-order valence-corrected chi connectivity index (χ2v) is 12.8. The Labute approximate surface area is 252 Å². The first-order chi connectivity index (χ1) is 19.3. The van der Waals surface area contributed by atoms with Gasteiger partial charge < -0.3 is 14.2 Å². The first-order valence-electron chi connectivity index (χ1n) is 14.1. The highest BCUT2D eigenvalue weighted by molar-refractivity contribution is 9.10. The van der Waals surface area contributed by atoms with E-state index >= 15 is 0 Å². The highest BCUT2D eigenvalue weighted by atomic mass is 79.9. The van der Waals surface area contributed by atoms with Crippen LogP contribution in [-0.4, -0.2) is 36.2 Å². The quantitative estimate of drug-likeness (QED) is 0.184. The van der Waals surface area contributed by atoms with Crippen molar-refractivity contribution in [2.45, 2.75) is 70.2 Å². The lowest BCUT2D eigenvalue weighted by Crippen LogP contribution is -2.35. The molecule has 0 spiro atoms. The molecule has 2 fully saturated rings. The molecule has 0 bridgehead atoms. The van der Waals surface area contributed by atoms with Gasteiger partial charge in [-0.2, -0.15) is 0 Å². The number of carbonyl (C=O) groups is 3. The largest absolute Gasteiger partial charge is 0.462 e. The van der Waals surface area contributed by atoms with E-state index in [2.05, 4.69) is 50.9 Å². The van der Waals surface area contributed by atoms with Gasteiger partial charge in [0.1, 0.15) is 18.3 Å². The molecule has 0 amide bonds. The minimum absolute atomic E-state index is 0.105. The number of carbonyl (C=O) groups excluding carboxylic acids is 3. The fourth-order valence-corrected chi connectivity index (χ4v) is 6.77. The number of fused-ring (bicyclic) bond motifs is 3. The van der Waals surface area contributed by atoms with Crippen LogP contribution in [-0.2, 0) is 19.0 Å². The molecule has 2 aromatic rings. The van der Waals surface area contributed by atoms with Gasteiger partial charge in [0.05, 0.1) is 11.1 Å². The number of hydrogen-bond acceptors (Lipinski definition) is 6. The molecule has 0 N–H and O–H groups in total. The normalized spacial score (nSPS) is 30.8. The second-order valence-electron chi connectivity index (χ2n) is 11.0. The zero-order chi connectivity index (χ0) is 28.2. The summed E-state index contributed by atoms with van der Waals surface area (Å²) in [7, 11) is 0. The van der Waals surface area contributed by atoms with Crippen molar-refractivity contribution >= 4 is 49.8 Å². The summed E-state index contributed by atoms with van der Waals surface area (Å²) in [6, 6.07) is 14.1. The SMILES string of the molecule is CC[C@H]1OC(=O)CCCC/C=C\[C@H]2[C@@H](C[C@@H](OC(=O)c3ccc(Br)cc3)[C@@H]2OC(=O)c2ccc(Br)cc2)[C@@H]2C[C@H]21. The molecule has 0 saturated heterocycles. The number of cyclic esters (lactones) is 1. The molecule has 1 aliphatic heterocycles. The van der Waals surface area contributed by atoms with Crippen molar-refractivity contribution in [3.63, 3.8) is 0 Å². The maximum Gasteiger partial charge on any atom is 0.338 e. The highest BCUT2D eigenvalue weighted by Gasteiger charge is 2.57. The van der Waals surface area contributed by atoms with Crippen LogP contribution in [0.15, 0.2) is 69.6 Å². The van der Waals surface area contributed by atoms with Crippen LogP contribution < -0.4 is 0 Å². The van der Waals surface area contributed by atoms with E-state index in [0.29, 0.717) is 29.9 Å². The maximum absolute atomic E-state index is 13.3. The third kappa shape index (κ3) is 6.88. The number of ether oxygens (including phenoxy) is 3. The number of halogens is 2. The van der Waals surface area contributed by atoms with E-state index in [1.54, 1.807) is 48.5 Å². The van der Waals surface area contributed by atoms with Crippen LogP contribution in [0.2, 0.25) is 0 Å². The van der Waals surface area contributed by atoms with E-state index in [-0.39, 0.29) is 29.8 Å². The summed E-state index contributed by atoms with van der Waals surface area (Å²) < 4.78 is 19.9. The van der Waals surface area contributed by atoms with Crippen LogP contribution in [0, 0.1) is 23.7 Å². The molecule has 7 atom stereocenters. The molecule has 3 aliphatic rings. The Kier molecular flexibility index (Phi) is 9.46. The maximum atomic E-state index is 13.3. The fourth-order valence-electron chi connectivity index (χ4n) is 6.24. The third-order valence-corrected chi connectivity index (χ3v) is 9.43. The zero-order valence-corrected chi connectivity index (χ0v) is 25.6. The molecule has 0 radical (unpaired) electrons. The lowest BCUT2D eigenvalue weighted by Gasteiger charge is -2.25. The summed E-state index contributed by atoms with van der Waals surface area (Å²) in [5.74, 6) is -0.394. The second kappa shape index (κ2) is 13.0. The van der Waals surface area contributed by atoms with Crippen LogP contribution >= 0.6 is 31.9 Å².